The monoisotopic (exact) mass is 404 g/mol. The Bertz CT molecular complexity index is 1010. The molecule has 0 amide bonds. The number of aliphatic hydroxyl groups is 1. The zero-order valence-corrected chi connectivity index (χ0v) is 17.4. The summed E-state index contributed by atoms with van der Waals surface area (Å²) in [6.07, 6.45) is 7.51. The maximum atomic E-state index is 10.9. The van der Waals surface area contributed by atoms with E-state index in [1.165, 1.54) is 24.8 Å². The van der Waals surface area contributed by atoms with Gasteiger partial charge in [0.2, 0.25) is 0 Å². The largest absolute Gasteiger partial charge is 0.497 e. The second-order valence-electron chi connectivity index (χ2n) is 8.43. The summed E-state index contributed by atoms with van der Waals surface area (Å²) in [6.45, 7) is 1.31. The number of hydrogen-bond donors (Lipinski definition) is 1. The van der Waals surface area contributed by atoms with Crippen LogP contribution in [0.2, 0.25) is 0 Å². The smallest absolute Gasteiger partial charge is 0.119 e. The number of aromatic nitrogens is 3. The summed E-state index contributed by atoms with van der Waals surface area (Å²) in [7, 11) is 1.66. The van der Waals surface area contributed by atoms with Gasteiger partial charge < -0.3 is 9.84 Å². The molecule has 1 aliphatic carbocycles. The first kappa shape index (κ1) is 19.3. The first-order chi connectivity index (χ1) is 14.7. The Morgan fingerprint density at radius 3 is 2.60 bits per heavy atom. The van der Waals surface area contributed by atoms with Crippen LogP contribution in [-0.2, 0) is 12.1 Å². The highest BCUT2D eigenvalue weighted by Crippen LogP contribution is 2.48. The summed E-state index contributed by atoms with van der Waals surface area (Å²) in [5.74, 6) is 0.819. The molecule has 1 atom stereocenters. The molecule has 0 bridgehead atoms. The summed E-state index contributed by atoms with van der Waals surface area (Å²) < 4.78 is 7.04. The lowest BCUT2D eigenvalue weighted by Crippen LogP contribution is -2.52. The Morgan fingerprint density at radius 1 is 1.07 bits per heavy atom. The van der Waals surface area contributed by atoms with Crippen LogP contribution in [0.15, 0.2) is 54.7 Å². The number of β-amino-alcohol motifs (C(OH)–C–C–N with tert-alkyl or cyclic N) is 1. The summed E-state index contributed by atoms with van der Waals surface area (Å²) in [5.41, 5.74) is 4.25. The van der Waals surface area contributed by atoms with Crippen LogP contribution in [0.1, 0.15) is 55.0 Å². The third-order valence-corrected chi connectivity index (χ3v) is 6.73. The lowest BCUT2D eigenvalue weighted by molar-refractivity contribution is -0.0215. The normalized spacial score (nSPS) is 20.8. The molecule has 6 heteroatoms. The van der Waals surface area contributed by atoms with Crippen molar-refractivity contribution in [1.29, 1.82) is 0 Å². The molecule has 1 fully saturated rings. The van der Waals surface area contributed by atoms with E-state index >= 15 is 0 Å². The van der Waals surface area contributed by atoms with Crippen molar-refractivity contribution in [3.8, 4) is 11.4 Å². The lowest BCUT2D eigenvalue weighted by atomic mass is 9.70. The molecule has 1 saturated carbocycles. The molecule has 30 heavy (non-hydrogen) atoms. The molecule has 2 aliphatic rings. The molecule has 156 valence electrons. The van der Waals surface area contributed by atoms with Gasteiger partial charge in [0.05, 0.1) is 30.8 Å². The van der Waals surface area contributed by atoms with Crippen LogP contribution < -0.4 is 4.74 Å². The quantitative estimate of drug-likeness (QED) is 0.713. The van der Waals surface area contributed by atoms with E-state index in [0.717, 1.165) is 35.5 Å². The van der Waals surface area contributed by atoms with Gasteiger partial charge in [-0.2, -0.15) is 0 Å². The third kappa shape index (κ3) is 3.30. The van der Waals surface area contributed by atoms with Crippen molar-refractivity contribution in [1.82, 2.24) is 19.9 Å². The minimum Gasteiger partial charge on any atom is -0.497 e. The number of aliphatic hydroxyl groups excluding tert-OH is 1. The predicted molar refractivity (Wildman–Crippen MR) is 114 cm³/mol. The van der Waals surface area contributed by atoms with E-state index in [-0.39, 0.29) is 5.54 Å². The van der Waals surface area contributed by atoms with Crippen molar-refractivity contribution in [3.63, 3.8) is 0 Å². The summed E-state index contributed by atoms with van der Waals surface area (Å²) >= 11 is 0. The second-order valence-corrected chi connectivity index (χ2v) is 8.43. The number of ether oxygens (including phenoxy) is 1. The molecule has 1 aromatic heterocycles. The van der Waals surface area contributed by atoms with Gasteiger partial charge in [0.25, 0.3) is 0 Å². The Kier molecular flexibility index (Phi) is 5.05. The molecular weight excluding hydrogens is 376 g/mol. The maximum Gasteiger partial charge on any atom is 0.119 e. The molecule has 1 unspecified atom stereocenters. The molecule has 2 aromatic carbocycles. The van der Waals surface area contributed by atoms with Crippen LogP contribution in [-0.4, -0.2) is 38.7 Å². The van der Waals surface area contributed by atoms with Gasteiger partial charge in [0, 0.05) is 18.6 Å². The van der Waals surface area contributed by atoms with Gasteiger partial charge in [-0.1, -0.05) is 48.7 Å². The zero-order valence-electron chi connectivity index (χ0n) is 17.4. The van der Waals surface area contributed by atoms with Gasteiger partial charge >= 0.3 is 0 Å². The van der Waals surface area contributed by atoms with E-state index in [1.54, 1.807) is 11.8 Å². The van der Waals surface area contributed by atoms with Gasteiger partial charge in [-0.05, 0) is 48.2 Å². The van der Waals surface area contributed by atoms with Crippen LogP contribution in [0.3, 0.4) is 0 Å². The van der Waals surface area contributed by atoms with Gasteiger partial charge in [-0.3, -0.25) is 4.90 Å². The van der Waals surface area contributed by atoms with Crippen molar-refractivity contribution >= 4 is 0 Å². The molecule has 0 saturated heterocycles. The highest BCUT2D eigenvalue weighted by Gasteiger charge is 2.45. The Labute approximate surface area is 177 Å². The van der Waals surface area contributed by atoms with Crippen molar-refractivity contribution < 1.29 is 9.84 Å². The lowest BCUT2D eigenvalue weighted by Gasteiger charge is -2.51. The fourth-order valence-corrected chi connectivity index (χ4v) is 5.23. The molecule has 1 N–H and O–H groups in total. The van der Waals surface area contributed by atoms with Crippen molar-refractivity contribution in [3.05, 3.63) is 71.5 Å². The molecule has 3 aromatic rings. The Hall–Kier alpha value is -2.70. The number of fused-ring (bicyclic) bond motifs is 2. The van der Waals surface area contributed by atoms with Crippen LogP contribution in [0.4, 0.5) is 0 Å². The first-order valence-electron chi connectivity index (χ1n) is 10.8. The molecule has 5 rings (SSSR count). The number of hydrogen-bond acceptors (Lipinski definition) is 5. The molecule has 6 nitrogen and oxygen atoms in total. The molecule has 2 heterocycles. The van der Waals surface area contributed by atoms with Gasteiger partial charge in [-0.25, -0.2) is 4.68 Å². The summed E-state index contributed by atoms with van der Waals surface area (Å²) in [5, 5.41) is 19.6. The Balaban J connectivity index is 1.44. The van der Waals surface area contributed by atoms with Crippen molar-refractivity contribution in [2.45, 2.75) is 50.3 Å². The van der Waals surface area contributed by atoms with E-state index in [9.17, 15) is 5.11 Å². The minimum atomic E-state index is -0.467. The maximum absolute atomic E-state index is 10.9. The fourth-order valence-electron chi connectivity index (χ4n) is 5.23. The number of methoxy groups -OCH3 is 1. The van der Waals surface area contributed by atoms with Crippen LogP contribution in [0.25, 0.3) is 5.69 Å². The van der Waals surface area contributed by atoms with E-state index in [1.807, 2.05) is 36.5 Å². The highest BCUT2D eigenvalue weighted by atomic mass is 16.5. The van der Waals surface area contributed by atoms with E-state index in [4.69, 9.17) is 4.74 Å². The van der Waals surface area contributed by atoms with Crippen molar-refractivity contribution in [2.75, 3.05) is 13.7 Å². The van der Waals surface area contributed by atoms with E-state index in [0.29, 0.717) is 13.1 Å². The third-order valence-electron chi connectivity index (χ3n) is 6.73. The van der Waals surface area contributed by atoms with E-state index in [2.05, 4.69) is 33.4 Å². The SMILES string of the molecule is COc1ccc(-n2cc(CN3CC(O)c4ccccc4C34CCCCC4)nn2)cc1. The topological polar surface area (TPSA) is 63.4 Å². The van der Waals surface area contributed by atoms with Gasteiger partial charge in [0.1, 0.15) is 5.75 Å². The second kappa shape index (κ2) is 7.85. The average molecular weight is 405 g/mol. The van der Waals surface area contributed by atoms with Crippen LogP contribution >= 0.6 is 0 Å². The summed E-state index contributed by atoms with van der Waals surface area (Å²) in [4.78, 5) is 2.45. The average Bonchev–Trinajstić information content (AvgIpc) is 3.27. The number of nitrogens with zero attached hydrogens (tertiary/aromatic N) is 4. The fraction of sp³-hybridized carbons (Fsp3) is 0.417. The zero-order chi connectivity index (χ0) is 20.6. The van der Waals surface area contributed by atoms with Gasteiger partial charge in [0.15, 0.2) is 0 Å². The minimum absolute atomic E-state index is 0.0159. The van der Waals surface area contributed by atoms with E-state index < -0.39 is 6.10 Å². The molecule has 1 aliphatic heterocycles. The standard InChI is InChI=1S/C24H28N4O2/c1-30-20-11-9-19(10-12-20)28-16-18(25-26-28)15-27-17-23(29)21-7-3-4-8-22(21)24(27)13-5-2-6-14-24/h3-4,7-12,16,23,29H,2,5-6,13-15,17H2,1H3. The molecule has 1 spiro atoms. The summed E-state index contributed by atoms with van der Waals surface area (Å²) in [6, 6.07) is 16.2. The molecule has 0 radical (unpaired) electrons. The molecular formula is C24H28N4O2. The first-order valence-corrected chi connectivity index (χ1v) is 10.8. The predicted octanol–water partition coefficient (Wildman–Crippen LogP) is 3.98. The van der Waals surface area contributed by atoms with Gasteiger partial charge in [-0.15, -0.1) is 5.10 Å². The van der Waals surface area contributed by atoms with Crippen LogP contribution in [0, 0.1) is 0 Å². The van der Waals surface area contributed by atoms with Crippen molar-refractivity contribution in [2.24, 2.45) is 0 Å². The Morgan fingerprint density at radius 2 is 1.83 bits per heavy atom. The number of benzene rings is 2. The van der Waals surface area contributed by atoms with Crippen LogP contribution in [0.5, 0.6) is 5.75 Å². The highest BCUT2D eigenvalue weighted by molar-refractivity contribution is 5.39. The number of rotatable bonds is 4.